The molecule has 0 saturated heterocycles. The molecule has 1 aromatic rings. The third kappa shape index (κ3) is 3.53. The van der Waals surface area contributed by atoms with Crippen molar-refractivity contribution < 1.29 is 4.74 Å². The van der Waals surface area contributed by atoms with Gasteiger partial charge >= 0.3 is 0 Å². The van der Waals surface area contributed by atoms with E-state index in [-0.39, 0.29) is 0 Å². The molecule has 1 heterocycles. The summed E-state index contributed by atoms with van der Waals surface area (Å²) in [6.07, 6.45) is 5.29. The van der Waals surface area contributed by atoms with Gasteiger partial charge in [0, 0.05) is 11.3 Å². The molecule has 4 heteroatoms. The Balaban J connectivity index is 1.85. The summed E-state index contributed by atoms with van der Waals surface area (Å²) in [5.74, 6) is 1.05. The molecule has 102 valence electrons. The van der Waals surface area contributed by atoms with Crippen LogP contribution < -0.4 is 5.73 Å². The van der Waals surface area contributed by atoms with Crippen LogP contribution in [-0.2, 0) is 11.3 Å². The van der Waals surface area contributed by atoms with Crippen LogP contribution in [0.3, 0.4) is 0 Å². The van der Waals surface area contributed by atoms with Gasteiger partial charge in [-0.15, -0.1) is 11.3 Å². The van der Waals surface area contributed by atoms with E-state index < -0.39 is 0 Å². The van der Waals surface area contributed by atoms with E-state index in [0.29, 0.717) is 24.5 Å². The quantitative estimate of drug-likeness (QED) is 0.891. The van der Waals surface area contributed by atoms with Gasteiger partial charge in [0.25, 0.3) is 0 Å². The van der Waals surface area contributed by atoms with E-state index in [2.05, 4.69) is 24.2 Å². The van der Waals surface area contributed by atoms with Crippen LogP contribution in [0.4, 0.5) is 0 Å². The van der Waals surface area contributed by atoms with Crippen LogP contribution in [0.25, 0.3) is 0 Å². The summed E-state index contributed by atoms with van der Waals surface area (Å²) in [4.78, 5) is 4.61. The molecule has 18 heavy (non-hydrogen) atoms. The average molecular weight is 268 g/mol. The minimum Gasteiger partial charge on any atom is -0.372 e. The second-order valence-electron chi connectivity index (χ2n) is 5.46. The highest BCUT2D eigenvalue weighted by Gasteiger charge is 2.24. The summed E-state index contributed by atoms with van der Waals surface area (Å²) >= 11 is 1.73. The fourth-order valence-electron chi connectivity index (χ4n) is 2.51. The van der Waals surface area contributed by atoms with Crippen molar-refractivity contribution in [3.8, 4) is 0 Å². The maximum absolute atomic E-state index is 6.03. The Morgan fingerprint density at radius 1 is 1.44 bits per heavy atom. The van der Waals surface area contributed by atoms with E-state index in [1.165, 1.54) is 24.3 Å². The molecular formula is C14H24N2OS. The zero-order valence-electron chi connectivity index (χ0n) is 11.4. The molecule has 0 radical (unpaired) electrons. The van der Waals surface area contributed by atoms with Gasteiger partial charge in [0.2, 0.25) is 0 Å². The molecule has 1 saturated carbocycles. The average Bonchev–Trinajstić information content (AvgIpc) is 2.85. The molecular weight excluding hydrogens is 244 g/mol. The molecule has 2 unspecified atom stereocenters. The number of thiazole rings is 1. The fourth-order valence-corrected chi connectivity index (χ4v) is 3.33. The van der Waals surface area contributed by atoms with Gasteiger partial charge < -0.3 is 10.5 Å². The minimum atomic E-state index is 0.341. The van der Waals surface area contributed by atoms with Crippen molar-refractivity contribution in [2.45, 2.75) is 58.2 Å². The lowest BCUT2D eigenvalue weighted by molar-refractivity contribution is -0.0194. The first kappa shape index (κ1) is 14.0. The van der Waals surface area contributed by atoms with Gasteiger partial charge in [-0.2, -0.15) is 0 Å². The predicted octanol–water partition coefficient (Wildman–Crippen LogP) is 3.30. The molecule has 2 rings (SSSR count). The number of rotatable bonds is 5. The first-order valence-corrected chi connectivity index (χ1v) is 7.84. The molecule has 0 aromatic carbocycles. The number of nitrogens with zero attached hydrogens (tertiary/aromatic N) is 1. The molecule has 1 fully saturated rings. The lowest BCUT2D eigenvalue weighted by Crippen LogP contribution is -2.33. The Bertz CT molecular complexity index is 364. The third-order valence-corrected chi connectivity index (χ3v) is 4.84. The van der Waals surface area contributed by atoms with Crippen molar-refractivity contribution in [3.63, 3.8) is 0 Å². The Hall–Kier alpha value is -0.450. The van der Waals surface area contributed by atoms with E-state index >= 15 is 0 Å². The molecule has 0 aliphatic heterocycles. The van der Waals surface area contributed by atoms with Gasteiger partial charge in [-0.05, 0) is 25.3 Å². The van der Waals surface area contributed by atoms with Gasteiger partial charge in [0.15, 0.2) is 0 Å². The second-order valence-corrected chi connectivity index (χ2v) is 6.35. The first-order chi connectivity index (χ1) is 8.70. The third-order valence-electron chi connectivity index (χ3n) is 3.65. The SMILES string of the molecule is CC(C)c1nc(COC2CCCCC2CN)cs1. The molecule has 1 aromatic heterocycles. The smallest absolute Gasteiger partial charge is 0.0954 e. The van der Waals surface area contributed by atoms with Crippen LogP contribution >= 0.6 is 11.3 Å². The number of aromatic nitrogens is 1. The highest BCUT2D eigenvalue weighted by Crippen LogP contribution is 2.27. The molecule has 2 N–H and O–H groups in total. The molecule has 0 amide bonds. The van der Waals surface area contributed by atoms with Gasteiger partial charge in [-0.1, -0.05) is 26.7 Å². The van der Waals surface area contributed by atoms with Crippen molar-refractivity contribution in [2.24, 2.45) is 11.7 Å². The highest BCUT2D eigenvalue weighted by atomic mass is 32.1. The van der Waals surface area contributed by atoms with Crippen LogP contribution in [0.15, 0.2) is 5.38 Å². The molecule has 0 bridgehead atoms. The minimum absolute atomic E-state index is 0.341. The summed E-state index contributed by atoms with van der Waals surface area (Å²) in [5, 5.41) is 3.32. The Morgan fingerprint density at radius 2 is 2.22 bits per heavy atom. The molecule has 2 atom stereocenters. The maximum Gasteiger partial charge on any atom is 0.0954 e. The van der Waals surface area contributed by atoms with Gasteiger partial charge in [-0.25, -0.2) is 4.98 Å². The van der Waals surface area contributed by atoms with Crippen molar-refractivity contribution >= 4 is 11.3 Å². The topological polar surface area (TPSA) is 48.1 Å². The van der Waals surface area contributed by atoms with Gasteiger partial charge in [-0.3, -0.25) is 0 Å². The van der Waals surface area contributed by atoms with Gasteiger partial charge in [0.05, 0.1) is 23.4 Å². The Morgan fingerprint density at radius 3 is 2.89 bits per heavy atom. The van der Waals surface area contributed by atoms with Gasteiger partial charge in [0.1, 0.15) is 0 Å². The van der Waals surface area contributed by atoms with E-state index in [1.54, 1.807) is 11.3 Å². The summed E-state index contributed by atoms with van der Waals surface area (Å²) < 4.78 is 6.03. The molecule has 0 spiro atoms. The number of nitrogens with two attached hydrogens (primary N) is 1. The summed E-state index contributed by atoms with van der Waals surface area (Å²) in [7, 11) is 0. The summed E-state index contributed by atoms with van der Waals surface area (Å²) in [6.45, 7) is 5.74. The van der Waals surface area contributed by atoms with Crippen molar-refractivity contribution in [1.82, 2.24) is 4.98 Å². The van der Waals surface area contributed by atoms with Crippen LogP contribution in [0, 0.1) is 5.92 Å². The standard InChI is InChI=1S/C14H24N2OS/c1-10(2)14-16-12(9-18-14)8-17-13-6-4-3-5-11(13)7-15/h9-11,13H,3-8,15H2,1-2H3. The normalized spacial score (nSPS) is 24.7. The molecule has 1 aliphatic rings. The molecule has 1 aliphatic carbocycles. The highest BCUT2D eigenvalue weighted by molar-refractivity contribution is 7.09. The Labute approximate surface area is 114 Å². The second kappa shape index (κ2) is 6.64. The summed E-state index contributed by atoms with van der Waals surface area (Å²) in [5.41, 5.74) is 6.89. The van der Waals surface area contributed by atoms with E-state index in [1.807, 2.05) is 0 Å². The van der Waals surface area contributed by atoms with Crippen molar-refractivity contribution in [2.75, 3.05) is 6.54 Å². The summed E-state index contributed by atoms with van der Waals surface area (Å²) in [6, 6.07) is 0. The maximum atomic E-state index is 6.03. The zero-order valence-corrected chi connectivity index (χ0v) is 12.2. The fraction of sp³-hybridized carbons (Fsp3) is 0.786. The van der Waals surface area contributed by atoms with Crippen LogP contribution in [0.1, 0.15) is 56.2 Å². The lowest BCUT2D eigenvalue weighted by atomic mass is 9.86. The van der Waals surface area contributed by atoms with Crippen LogP contribution in [0.5, 0.6) is 0 Å². The van der Waals surface area contributed by atoms with Crippen molar-refractivity contribution in [1.29, 1.82) is 0 Å². The number of hydrogen-bond acceptors (Lipinski definition) is 4. The van der Waals surface area contributed by atoms with E-state index in [4.69, 9.17) is 10.5 Å². The van der Waals surface area contributed by atoms with E-state index in [9.17, 15) is 0 Å². The first-order valence-electron chi connectivity index (χ1n) is 6.96. The monoisotopic (exact) mass is 268 g/mol. The number of ether oxygens (including phenoxy) is 1. The van der Waals surface area contributed by atoms with Crippen LogP contribution in [-0.4, -0.2) is 17.6 Å². The van der Waals surface area contributed by atoms with Crippen molar-refractivity contribution in [3.05, 3.63) is 16.1 Å². The Kier molecular flexibility index (Phi) is 5.15. The number of hydrogen-bond donors (Lipinski definition) is 1. The molecule has 3 nitrogen and oxygen atoms in total. The lowest BCUT2D eigenvalue weighted by Gasteiger charge is -2.30. The zero-order chi connectivity index (χ0) is 13.0. The largest absolute Gasteiger partial charge is 0.372 e. The van der Waals surface area contributed by atoms with E-state index in [0.717, 1.165) is 18.7 Å². The van der Waals surface area contributed by atoms with Crippen LogP contribution in [0.2, 0.25) is 0 Å². The predicted molar refractivity (Wildman–Crippen MR) is 75.8 cm³/mol.